The highest BCUT2D eigenvalue weighted by Crippen LogP contribution is 2.24. The summed E-state index contributed by atoms with van der Waals surface area (Å²) in [7, 11) is 0. The van der Waals surface area contributed by atoms with Crippen molar-refractivity contribution in [3.63, 3.8) is 0 Å². The lowest BCUT2D eigenvalue weighted by Crippen LogP contribution is -2.48. The SMILES string of the molecule is Cc1ccc(CN2CCN(C(=O)c3ccc(COc4ccccc4Cl)o3)CC2)cc1. The summed E-state index contributed by atoms with van der Waals surface area (Å²) in [4.78, 5) is 17.0. The number of rotatable bonds is 6. The summed E-state index contributed by atoms with van der Waals surface area (Å²) in [6, 6.07) is 19.4. The van der Waals surface area contributed by atoms with Crippen LogP contribution in [-0.2, 0) is 13.2 Å². The predicted molar refractivity (Wildman–Crippen MR) is 117 cm³/mol. The van der Waals surface area contributed by atoms with E-state index in [0.29, 0.717) is 35.4 Å². The summed E-state index contributed by atoms with van der Waals surface area (Å²) < 4.78 is 11.4. The van der Waals surface area contributed by atoms with E-state index < -0.39 is 0 Å². The molecule has 0 bridgehead atoms. The lowest BCUT2D eigenvalue weighted by atomic mass is 10.1. The molecule has 3 aromatic rings. The molecule has 1 fully saturated rings. The molecule has 1 amide bonds. The molecular weight excluding hydrogens is 400 g/mol. The fourth-order valence-corrected chi connectivity index (χ4v) is 3.69. The van der Waals surface area contributed by atoms with E-state index in [1.165, 1.54) is 11.1 Å². The van der Waals surface area contributed by atoms with Crippen LogP contribution in [0.3, 0.4) is 0 Å². The van der Waals surface area contributed by atoms with E-state index in [0.717, 1.165) is 19.6 Å². The van der Waals surface area contributed by atoms with Gasteiger partial charge < -0.3 is 14.1 Å². The van der Waals surface area contributed by atoms with Crippen LogP contribution in [0.5, 0.6) is 5.75 Å². The number of amides is 1. The van der Waals surface area contributed by atoms with Gasteiger partial charge in [0.2, 0.25) is 0 Å². The Morgan fingerprint density at radius 2 is 1.73 bits per heavy atom. The third-order valence-corrected chi connectivity index (χ3v) is 5.58. The molecule has 6 heteroatoms. The standard InChI is InChI=1S/C24H25ClN2O3/c1-18-6-8-19(9-7-18)16-26-12-14-27(15-13-26)24(28)23-11-10-20(30-23)17-29-22-5-3-2-4-21(22)25/h2-11H,12-17H2,1H3. The first kappa shape index (κ1) is 20.5. The van der Waals surface area contributed by atoms with Crippen molar-refractivity contribution in [3.8, 4) is 5.75 Å². The van der Waals surface area contributed by atoms with Crippen LogP contribution >= 0.6 is 11.6 Å². The third kappa shape index (κ3) is 5.04. The summed E-state index contributed by atoms with van der Waals surface area (Å²) in [5, 5.41) is 0.545. The molecule has 0 N–H and O–H groups in total. The van der Waals surface area contributed by atoms with E-state index in [-0.39, 0.29) is 12.5 Å². The highest BCUT2D eigenvalue weighted by Gasteiger charge is 2.24. The lowest BCUT2D eigenvalue weighted by Gasteiger charge is -2.34. The number of furan rings is 1. The van der Waals surface area contributed by atoms with Crippen LogP contribution < -0.4 is 4.74 Å². The van der Waals surface area contributed by atoms with Gasteiger partial charge in [0.05, 0.1) is 5.02 Å². The maximum atomic E-state index is 12.8. The first-order valence-electron chi connectivity index (χ1n) is 10.1. The van der Waals surface area contributed by atoms with Gasteiger partial charge >= 0.3 is 0 Å². The average Bonchev–Trinajstić information content (AvgIpc) is 3.24. The number of carbonyl (C=O) groups is 1. The van der Waals surface area contributed by atoms with Gasteiger partial charge in [0.1, 0.15) is 18.1 Å². The smallest absolute Gasteiger partial charge is 0.289 e. The van der Waals surface area contributed by atoms with Crippen molar-refractivity contribution in [2.75, 3.05) is 26.2 Å². The zero-order valence-corrected chi connectivity index (χ0v) is 17.8. The lowest BCUT2D eigenvalue weighted by molar-refractivity contribution is 0.0594. The number of aryl methyl sites for hydroxylation is 1. The minimum Gasteiger partial charge on any atom is -0.484 e. The fraction of sp³-hybridized carbons (Fsp3) is 0.292. The molecule has 0 aliphatic carbocycles. The van der Waals surface area contributed by atoms with Crippen LogP contribution in [-0.4, -0.2) is 41.9 Å². The Bertz CT molecular complexity index is 992. The number of hydrogen-bond acceptors (Lipinski definition) is 4. The van der Waals surface area contributed by atoms with Crippen molar-refractivity contribution in [1.82, 2.24) is 9.80 Å². The van der Waals surface area contributed by atoms with Crippen LogP contribution in [0, 0.1) is 6.92 Å². The van der Waals surface area contributed by atoms with Crippen LogP contribution in [0.15, 0.2) is 65.1 Å². The van der Waals surface area contributed by atoms with Crippen LogP contribution in [0.2, 0.25) is 5.02 Å². The second-order valence-corrected chi connectivity index (χ2v) is 7.95. The molecule has 5 nitrogen and oxygen atoms in total. The number of ether oxygens (including phenoxy) is 1. The summed E-state index contributed by atoms with van der Waals surface area (Å²) in [5.41, 5.74) is 2.57. The van der Waals surface area contributed by atoms with Gasteiger partial charge in [-0.15, -0.1) is 0 Å². The molecule has 1 aromatic heterocycles. The summed E-state index contributed by atoms with van der Waals surface area (Å²) in [5.74, 6) is 1.46. The Balaban J connectivity index is 1.28. The monoisotopic (exact) mass is 424 g/mol. The fourth-order valence-electron chi connectivity index (χ4n) is 3.50. The first-order chi connectivity index (χ1) is 14.6. The molecule has 1 aliphatic heterocycles. The van der Waals surface area contributed by atoms with Crippen molar-refractivity contribution < 1.29 is 13.9 Å². The number of halogens is 1. The molecule has 30 heavy (non-hydrogen) atoms. The summed E-state index contributed by atoms with van der Waals surface area (Å²) in [6.45, 7) is 6.31. The minimum absolute atomic E-state index is 0.0750. The maximum Gasteiger partial charge on any atom is 0.289 e. The number of nitrogens with zero attached hydrogens (tertiary/aromatic N) is 2. The molecule has 156 valence electrons. The number of carbonyl (C=O) groups excluding carboxylic acids is 1. The first-order valence-corrected chi connectivity index (χ1v) is 10.5. The molecule has 0 saturated carbocycles. The zero-order valence-electron chi connectivity index (χ0n) is 17.0. The highest BCUT2D eigenvalue weighted by atomic mass is 35.5. The normalized spacial score (nSPS) is 14.7. The van der Waals surface area contributed by atoms with Crippen molar-refractivity contribution in [1.29, 1.82) is 0 Å². The Labute approximate surface area is 181 Å². The van der Waals surface area contributed by atoms with Gasteiger partial charge in [0.15, 0.2) is 5.76 Å². The van der Waals surface area contributed by atoms with Crippen molar-refractivity contribution in [2.45, 2.75) is 20.1 Å². The predicted octanol–water partition coefficient (Wildman–Crippen LogP) is 4.78. The van der Waals surface area contributed by atoms with Gasteiger partial charge in [-0.2, -0.15) is 0 Å². The van der Waals surface area contributed by atoms with E-state index in [4.69, 9.17) is 20.8 Å². The molecule has 1 aliphatic rings. The van der Waals surface area contributed by atoms with Crippen molar-refractivity contribution >= 4 is 17.5 Å². The number of para-hydroxylation sites is 1. The zero-order chi connectivity index (χ0) is 20.9. The molecule has 0 spiro atoms. The van der Waals surface area contributed by atoms with Crippen molar-refractivity contribution in [2.24, 2.45) is 0 Å². The number of hydrogen-bond donors (Lipinski definition) is 0. The molecule has 1 saturated heterocycles. The van der Waals surface area contributed by atoms with E-state index >= 15 is 0 Å². The van der Waals surface area contributed by atoms with E-state index in [9.17, 15) is 4.79 Å². The number of benzene rings is 2. The van der Waals surface area contributed by atoms with Crippen molar-refractivity contribution in [3.05, 3.63) is 88.3 Å². The van der Waals surface area contributed by atoms with Crippen LogP contribution in [0.4, 0.5) is 0 Å². The second kappa shape index (κ2) is 9.37. The van der Waals surface area contributed by atoms with E-state index in [1.54, 1.807) is 24.3 Å². The quantitative estimate of drug-likeness (QED) is 0.571. The molecule has 0 atom stereocenters. The molecule has 4 rings (SSSR count). The Kier molecular flexibility index (Phi) is 6.41. The van der Waals surface area contributed by atoms with Crippen LogP contribution in [0.25, 0.3) is 0 Å². The Morgan fingerprint density at radius 1 is 1.00 bits per heavy atom. The molecule has 2 aromatic carbocycles. The van der Waals surface area contributed by atoms with Gasteiger partial charge in [-0.1, -0.05) is 53.6 Å². The number of piperazine rings is 1. The summed E-state index contributed by atoms with van der Waals surface area (Å²) in [6.07, 6.45) is 0. The Morgan fingerprint density at radius 3 is 2.47 bits per heavy atom. The average molecular weight is 425 g/mol. The van der Waals surface area contributed by atoms with Gasteiger partial charge in [0.25, 0.3) is 5.91 Å². The van der Waals surface area contributed by atoms with E-state index in [1.807, 2.05) is 17.0 Å². The molecule has 0 radical (unpaired) electrons. The van der Waals surface area contributed by atoms with E-state index in [2.05, 4.69) is 36.1 Å². The van der Waals surface area contributed by atoms with Gasteiger partial charge in [0, 0.05) is 32.7 Å². The topological polar surface area (TPSA) is 45.9 Å². The van der Waals surface area contributed by atoms with Gasteiger partial charge in [-0.05, 0) is 36.8 Å². The summed E-state index contributed by atoms with van der Waals surface area (Å²) >= 11 is 6.10. The Hall–Kier alpha value is -2.76. The molecule has 2 heterocycles. The molecular formula is C24H25ClN2O3. The third-order valence-electron chi connectivity index (χ3n) is 5.27. The molecule has 0 unspecified atom stereocenters. The van der Waals surface area contributed by atoms with Gasteiger partial charge in [-0.3, -0.25) is 9.69 Å². The van der Waals surface area contributed by atoms with Crippen LogP contribution in [0.1, 0.15) is 27.4 Å². The minimum atomic E-state index is -0.0750. The highest BCUT2D eigenvalue weighted by molar-refractivity contribution is 6.32. The largest absolute Gasteiger partial charge is 0.484 e. The van der Waals surface area contributed by atoms with Gasteiger partial charge in [-0.25, -0.2) is 0 Å². The maximum absolute atomic E-state index is 12.8. The second-order valence-electron chi connectivity index (χ2n) is 7.54.